The number of unbranched alkanes of at least 4 members (excludes halogenated alkanes) is 30. The summed E-state index contributed by atoms with van der Waals surface area (Å²) in [6.07, 6.45) is 39.7. The molecule has 52 heavy (non-hydrogen) atoms. The van der Waals surface area contributed by atoms with Crippen LogP contribution >= 0.6 is 0 Å². The lowest BCUT2D eigenvalue weighted by molar-refractivity contribution is -0.172. The number of ether oxygens (including phenoxy) is 3. The summed E-state index contributed by atoms with van der Waals surface area (Å²) in [6, 6.07) is 0. The highest BCUT2D eigenvalue weighted by molar-refractivity contribution is 5.84. The van der Waals surface area contributed by atoms with Gasteiger partial charge in [0.25, 0.3) is 0 Å². The fourth-order valence-corrected chi connectivity index (χ4v) is 6.67. The molecule has 0 unspecified atom stereocenters. The molecule has 308 valence electrons. The quantitative estimate of drug-likeness (QED) is 0.0351. The van der Waals surface area contributed by atoms with Crippen LogP contribution in [0.4, 0.5) is 0 Å². The van der Waals surface area contributed by atoms with Crippen molar-refractivity contribution in [1.29, 1.82) is 0 Å². The highest BCUT2D eigenvalue weighted by atomic mass is 16.6. The highest BCUT2D eigenvalue weighted by Crippen LogP contribution is 2.16. The molecule has 0 spiro atoms. The van der Waals surface area contributed by atoms with Crippen LogP contribution in [0.5, 0.6) is 0 Å². The van der Waals surface area contributed by atoms with Crippen molar-refractivity contribution < 1.29 is 28.6 Å². The van der Waals surface area contributed by atoms with Crippen LogP contribution in [-0.2, 0) is 28.6 Å². The molecule has 0 radical (unpaired) electrons. The van der Waals surface area contributed by atoms with Crippen molar-refractivity contribution in [3.63, 3.8) is 0 Å². The van der Waals surface area contributed by atoms with Crippen LogP contribution < -0.4 is 0 Å². The Labute approximate surface area is 322 Å². The molecule has 0 aromatic carbocycles. The molecule has 0 bridgehead atoms. The van der Waals surface area contributed by atoms with Crippen LogP contribution in [0.25, 0.3) is 0 Å². The van der Waals surface area contributed by atoms with Crippen LogP contribution in [0.2, 0.25) is 0 Å². The molecular formula is C45H87NO6. The van der Waals surface area contributed by atoms with Crippen LogP contribution in [0.3, 0.4) is 0 Å². The monoisotopic (exact) mass is 738 g/mol. The normalized spacial score (nSPS) is 11.9. The number of carbonyl (C=O) groups is 3. The predicted octanol–water partition coefficient (Wildman–Crippen LogP) is 12.8. The Morgan fingerprint density at radius 2 is 0.731 bits per heavy atom. The van der Waals surface area contributed by atoms with Crippen molar-refractivity contribution in [1.82, 2.24) is 4.90 Å². The number of carbonyl (C=O) groups excluding carboxylic acids is 3. The summed E-state index contributed by atoms with van der Waals surface area (Å²) in [5.41, 5.74) is 0. The Bertz CT molecular complexity index is 788. The van der Waals surface area contributed by atoms with E-state index in [4.69, 9.17) is 14.2 Å². The molecule has 0 N–H and O–H groups in total. The zero-order valence-corrected chi connectivity index (χ0v) is 35.1. The summed E-state index contributed by atoms with van der Waals surface area (Å²) in [5.74, 6) is -1.69. The summed E-state index contributed by atoms with van der Waals surface area (Å²) in [7, 11) is 3.74. The maximum absolute atomic E-state index is 12.8. The Balaban J connectivity index is 4.01. The molecule has 1 atom stereocenters. The van der Waals surface area contributed by atoms with Crippen LogP contribution in [0, 0.1) is 0 Å². The topological polar surface area (TPSA) is 82.1 Å². The van der Waals surface area contributed by atoms with Crippen molar-refractivity contribution >= 4 is 17.9 Å². The summed E-state index contributed by atoms with van der Waals surface area (Å²) >= 11 is 0. The molecule has 0 aromatic heterocycles. The lowest BCUT2D eigenvalue weighted by Gasteiger charge is -2.17. The first-order valence-corrected chi connectivity index (χ1v) is 22.6. The van der Waals surface area contributed by atoms with Crippen molar-refractivity contribution in [2.24, 2.45) is 0 Å². The number of esters is 3. The number of hydrogen-bond donors (Lipinski definition) is 0. The maximum atomic E-state index is 12.8. The highest BCUT2D eigenvalue weighted by Gasteiger charge is 2.28. The average molecular weight is 738 g/mol. The molecule has 0 aliphatic heterocycles. The molecule has 7 heteroatoms. The standard InChI is InChI=1S/C45H87NO6/c1-5-7-9-11-13-15-17-19-21-23-25-27-29-31-33-35-39-50-44(48)41-42(52-43(47)37-38-46(3)4)45(49)51-40-36-34-32-30-28-26-24-22-20-18-16-14-12-10-8-6-2/h42H,5-41H2,1-4H3/t42-/m0/s1. The van der Waals surface area contributed by atoms with Crippen LogP contribution in [0.1, 0.15) is 232 Å². The fourth-order valence-electron chi connectivity index (χ4n) is 6.67. The third kappa shape index (κ3) is 38.1. The molecule has 0 saturated carbocycles. The average Bonchev–Trinajstić information content (AvgIpc) is 3.12. The second-order valence-electron chi connectivity index (χ2n) is 15.7. The molecule has 0 rings (SSSR count). The minimum absolute atomic E-state index is 0.143. The van der Waals surface area contributed by atoms with E-state index in [0.717, 1.165) is 38.5 Å². The Hall–Kier alpha value is -1.63. The third-order valence-corrected chi connectivity index (χ3v) is 10.2. The van der Waals surface area contributed by atoms with Gasteiger partial charge in [0.1, 0.15) is 0 Å². The van der Waals surface area contributed by atoms with E-state index in [0.29, 0.717) is 13.2 Å². The SMILES string of the molecule is CCCCCCCCCCCCCCCCCCOC(=O)C[C@H](OC(=O)CCN(C)C)C(=O)OCCCCCCCCCCCCCCCCCC. The predicted molar refractivity (Wildman–Crippen MR) is 219 cm³/mol. The van der Waals surface area contributed by atoms with E-state index in [-0.39, 0.29) is 19.4 Å². The van der Waals surface area contributed by atoms with Gasteiger partial charge in [-0.15, -0.1) is 0 Å². The number of hydrogen-bond acceptors (Lipinski definition) is 7. The van der Waals surface area contributed by atoms with Crippen molar-refractivity contribution in [3.05, 3.63) is 0 Å². The first-order chi connectivity index (χ1) is 25.4. The molecule has 0 aromatic rings. The van der Waals surface area contributed by atoms with E-state index >= 15 is 0 Å². The van der Waals surface area contributed by atoms with Crippen molar-refractivity contribution in [2.45, 2.75) is 238 Å². The van der Waals surface area contributed by atoms with E-state index in [1.165, 1.54) is 167 Å². The second-order valence-corrected chi connectivity index (χ2v) is 15.7. The third-order valence-electron chi connectivity index (χ3n) is 10.2. The summed E-state index contributed by atoms with van der Waals surface area (Å²) in [6.45, 7) is 5.65. The summed E-state index contributed by atoms with van der Waals surface area (Å²) in [5, 5.41) is 0. The number of rotatable bonds is 41. The van der Waals surface area contributed by atoms with E-state index in [2.05, 4.69) is 13.8 Å². The molecule has 7 nitrogen and oxygen atoms in total. The van der Waals surface area contributed by atoms with Gasteiger partial charge in [-0.2, -0.15) is 0 Å². The lowest BCUT2D eigenvalue weighted by Crippen LogP contribution is -2.33. The van der Waals surface area contributed by atoms with Gasteiger partial charge in [0.2, 0.25) is 6.10 Å². The molecule has 0 saturated heterocycles. The molecule has 0 fully saturated rings. The second kappa shape index (κ2) is 40.6. The van der Waals surface area contributed by atoms with Crippen LogP contribution in [-0.4, -0.2) is 62.8 Å². The van der Waals surface area contributed by atoms with Gasteiger partial charge in [-0.05, 0) is 26.9 Å². The molecule has 0 aliphatic rings. The molecule has 0 heterocycles. The molecule has 0 aliphatic carbocycles. The van der Waals surface area contributed by atoms with Crippen molar-refractivity contribution in [3.8, 4) is 0 Å². The summed E-state index contributed by atoms with van der Waals surface area (Å²) < 4.78 is 16.3. The zero-order chi connectivity index (χ0) is 38.2. The Morgan fingerprint density at radius 1 is 0.423 bits per heavy atom. The van der Waals surface area contributed by atoms with Gasteiger partial charge in [-0.3, -0.25) is 9.59 Å². The fraction of sp³-hybridized carbons (Fsp3) is 0.933. The largest absolute Gasteiger partial charge is 0.466 e. The molecular weight excluding hydrogens is 650 g/mol. The molecule has 0 amide bonds. The smallest absolute Gasteiger partial charge is 0.348 e. The zero-order valence-electron chi connectivity index (χ0n) is 35.1. The van der Waals surface area contributed by atoms with Gasteiger partial charge in [-0.25, -0.2) is 4.79 Å². The number of nitrogens with zero attached hydrogens (tertiary/aromatic N) is 1. The summed E-state index contributed by atoms with van der Waals surface area (Å²) in [4.78, 5) is 39.7. The van der Waals surface area contributed by atoms with Crippen LogP contribution in [0.15, 0.2) is 0 Å². The van der Waals surface area contributed by atoms with Gasteiger partial charge in [0.15, 0.2) is 0 Å². The van der Waals surface area contributed by atoms with Gasteiger partial charge < -0.3 is 19.1 Å². The van der Waals surface area contributed by atoms with Gasteiger partial charge in [0.05, 0.1) is 26.1 Å². The minimum atomic E-state index is -1.26. The van der Waals surface area contributed by atoms with E-state index < -0.39 is 24.0 Å². The first kappa shape index (κ1) is 50.4. The van der Waals surface area contributed by atoms with E-state index in [1.807, 2.05) is 19.0 Å². The first-order valence-electron chi connectivity index (χ1n) is 22.6. The Morgan fingerprint density at radius 3 is 1.06 bits per heavy atom. The van der Waals surface area contributed by atoms with Crippen molar-refractivity contribution in [2.75, 3.05) is 33.9 Å². The lowest BCUT2D eigenvalue weighted by atomic mass is 10.0. The maximum Gasteiger partial charge on any atom is 0.348 e. The van der Waals surface area contributed by atoms with E-state index in [9.17, 15) is 14.4 Å². The van der Waals surface area contributed by atoms with Gasteiger partial charge in [0, 0.05) is 6.54 Å². The Kier molecular flexibility index (Phi) is 39.3. The van der Waals surface area contributed by atoms with E-state index in [1.54, 1.807) is 0 Å². The van der Waals surface area contributed by atoms with Gasteiger partial charge in [-0.1, -0.05) is 206 Å². The minimum Gasteiger partial charge on any atom is -0.466 e. The van der Waals surface area contributed by atoms with Gasteiger partial charge >= 0.3 is 17.9 Å².